The van der Waals surface area contributed by atoms with Crippen LogP contribution in [0.2, 0.25) is 0 Å². The van der Waals surface area contributed by atoms with Crippen molar-refractivity contribution in [2.24, 2.45) is 0 Å². The van der Waals surface area contributed by atoms with E-state index < -0.39 is 34.1 Å². The smallest absolute Gasteiger partial charge is 0.416 e. The number of hydrogen-bond donors (Lipinski definition) is 0. The SMILES string of the molecule is COC(=O)c1cc(Br)ccc1Oc1ccc(C(F)(F)F)cc1[N+](=O)[O-]. The van der Waals surface area contributed by atoms with Gasteiger partial charge in [-0.3, -0.25) is 10.1 Å². The van der Waals surface area contributed by atoms with E-state index >= 15 is 0 Å². The fraction of sp³-hybridized carbons (Fsp3) is 0.133. The van der Waals surface area contributed by atoms with E-state index in [1.807, 2.05) is 0 Å². The van der Waals surface area contributed by atoms with Crippen molar-refractivity contribution in [3.63, 3.8) is 0 Å². The maximum atomic E-state index is 12.7. The van der Waals surface area contributed by atoms with Gasteiger partial charge in [0, 0.05) is 10.5 Å². The first-order valence-corrected chi connectivity index (χ1v) is 7.34. The van der Waals surface area contributed by atoms with Crippen molar-refractivity contribution in [3.8, 4) is 11.5 Å². The average molecular weight is 420 g/mol. The minimum atomic E-state index is -4.74. The van der Waals surface area contributed by atoms with Gasteiger partial charge in [0.25, 0.3) is 0 Å². The molecule has 0 aromatic heterocycles. The van der Waals surface area contributed by atoms with Crippen molar-refractivity contribution in [1.82, 2.24) is 0 Å². The molecule has 0 aliphatic rings. The molecule has 0 saturated heterocycles. The zero-order chi connectivity index (χ0) is 18.8. The number of methoxy groups -OCH3 is 1. The van der Waals surface area contributed by atoms with Crippen LogP contribution in [0.4, 0.5) is 18.9 Å². The Bertz CT molecular complexity index is 838. The second-order valence-electron chi connectivity index (χ2n) is 4.67. The topological polar surface area (TPSA) is 78.7 Å². The van der Waals surface area contributed by atoms with E-state index in [-0.39, 0.29) is 11.3 Å². The molecule has 0 bridgehead atoms. The Balaban J connectivity index is 2.51. The minimum absolute atomic E-state index is 0.0499. The van der Waals surface area contributed by atoms with Gasteiger partial charge >= 0.3 is 17.8 Å². The summed E-state index contributed by atoms with van der Waals surface area (Å²) in [5.41, 5.74) is -2.12. The highest BCUT2D eigenvalue weighted by molar-refractivity contribution is 9.10. The largest absolute Gasteiger partial charge is 0.465 e. The summed E-state index contributed by atoms with van der Waals surface area (Å²) in [6, 6.07) is 6.03. The Morgan fingerprint density at radius 3 is 2.36 bits per heavy atom. The first kappa shape index (κ1) is 18.7. The number of alkyl halides is 3. The fourth-order valence-electron chi connectivity index (χ4n) is 1.90. The third-order valence-corrected chi connectivity index (χ3v) is 3.54. The number of nitro benzene ring substituents is 1. The van der Waals surface area contributed by atoms with Gasteiger partial charge in [-0.15, -0.1) is 0 Å². The van der Waals surface area contributed by atoms with Crippen LogP contribution in [0.3, 0.4) is 0 Å². The zero-order valence-corrected chi connectivity index (χ0v) is 14.1. The van der Waals surface area contributed by atoms with Crippen molar-refractivity contribution in [2.75, 3.05) is 7.11 Å². The Labute approximate surface area is 147 Å². The number of carbonyl (C=O) groups is 1. The van der Waals surface area contributed by atoms with Crippen LogP contribution in [-0.4, -0.2) is 18.0 Å². The Hall–Kier alpha value is -2.62. The van der Waals surface area contributed by atoms with Crippen molar-refractivity contribution >= 4 is 27.6 Å². The molecule has 0 heterocycles. The Morgan fingerprint density at radius 1 is 1.16 bits per heavy atom. The third-order valence-electron chi connectivity index (χ3n) is 3.05. The van der Waals surface area contributed by atoms with E-state index in [4.69, 9.17) is 4.74 Å². The van der Waals surface area contributed by atoms with Crippen molar-refractivity contribution in [1.29, 1.82) is 0 Å². The highest BCUT2D eigenvalue weighted by Crippen LogP contribution is 2.38. The summed E-state index contributed by atoms with van der Waals surface area (Å²) >= 11 is 3.15. The molecule has 0 aliphatic carbocycles. The molecule has 2 rings (SSSR count). The van der Waals surface area contributed by atoms with Crippen LogP contribution in [0.5, 0.6) is 11.5 Å². The quantitative estimate of drug-likeness (QED) is 0.397. The van der Waals surface area contributed by atoms with Crippen molar-refractivity contribution < 1.29 is 32.4 Å². The van der Waals surface area contributed by atoms with Gasteiger partial charge in [0.15, 0.2) is 0 Å². The van der Waals surface area contributed by atoms with E-state index in [9.17, 15) is 28.1 Å². The second-order valence-corrected chi connectivity index (χ2v) is 5.59. The van der Waals surface area contributed by atoms with Crippen LogP contribution in [0.25, 0.3) is 0 Å². The van der Waals surface area contributed by atoms with Crippen molar-refractivity contribution in [2.45, 2.75) is 6.18 Å². The molecule has 2 aromatic rings. The average Bonchev–Trinajstić information content (AvgIpc) is 2.54. The number of hydrogen-bond acceptors (Lipinski definition) is 5. The lowest BCUT2D eigenvalue weighted by Crippen LogP contribution is -2.07. The van der Waals surface area contributed by atoms with Gasteiger partial charge in [-0.25, -0.2) is 4.79 Å². The summed E-state index contributed by atoms with van der Waals surface area (Å²) in [7, 11) is 1.13. The molecule has 0 unspecified atom stereocenters. The predicted molar refractivity (Wildman–Crippen MR) is 83.7 cm³/mol. The maximum Gasteiger partial charge on any atom is 0.416 e. The van der Waals surface area contributed by atoms with Crippen LogP contribution in [0.15, 0.2) is 40.9 Å². The van der Waals surface area contributed by atoms with Gasteiger partial charge in [0.05, 0.1) is 17.6 Å². The van der Waals surface area contributed by atoms with Crippen LogP contribution in [-0.2, 0) is 10.9 Å². The number of rotatable bonds is 4. The summed E-state index contributed by atoms with van der Waals surface area (Å²) in [4.78, 5) is 21.9. The highest BCUT2D eigenvalue weighted by Gasteiger charge is 2.33. The molecular formula is C15H9BrF3NO5. The number of benzene rings is 2. The molecular weight excluding hydrogens is 411 g/mol. The molecule has 6 nitrogen and oxygen atoms in total. The van der Waals surface area contributed by atoms with Crippen LogP contribution in [0.1, 0.15) is 15.9 Å². The second kappa shape index (κ2) is 7.09. The molecule has 0 fully saturated rings. The van der Waals surface area contributed by atoms with Gasteiger partial charge in [-0.2, -0.15) is 13.2 Å². The number of esters is 1. The summed E-state index contributed by atoms with van der Waals surface area (Å²) in [5.74, 6) is -1.31. The zero-order valence-electron chi connectivity index (χ0n) is 12.5. The van der Waals surface area contributed by atoms with E-state index in [0.717, 1.165) is 13.2 Å². The number of halogens is 4. The number of ether oxygens (including phenoxy) is 2. The van der Waals surface area contributed by atoms with E-state index in [2.05, 4.69) is 20.7 Å². The molecule has 0 spiro atoms. The van der Waals surface area contributed by atoms with Crippen LogP contribution >= 0.6 is 15.9 Å². The van der Waals surface area contributed by atoms with Crippen molar-refractivity contribution in [3.05, 3.63) is 62.1 Å². The van der Waals surface area contributed by atoms with E-state index in [0.29, 0.717) is 16.6 Å². The summed E-state index contributed by atoms with van der Waals surface area (Å²) in [5, 5.41) is 11.1. The monoisotopic (exact) mass is 419 g/mol. The molecule has 2 aromatic carbocycles. The van der Waals surface area contributed by atoms with E-state index in [1.54, 1.807) is 0 Å². The normalized spacial score (nSPS) is 11.1. The number of nitrogens with zero attached hydrogens (tertiary/aromatic N) is 1. The lowest BCUT2D eigenvalue weighted by atomic mass is 10.1. The van der Waals surface area contributed by atoms with Gasteiger partial charge < -0.3 is 9.47 Å². The number of nitro groups is 1. The third kappa shape index (κ3) is 4.27. The molecule has 132 valence electrons. The molecule has 25 heavy (non-hydrogen) atoms. The first-order valence-electron chi connectivity index (χ1n) is 6.55. The molecule has 0 amide bonds. The molecule has 0 N–H and O–H groups in total. The number of carbonyl (C=O) groups excluding carboxylic acids is 1. The Kier molecular flexibility index (Phi) is 5.31. The lowest BCUT2D eigenvalue weighted by Gasteiger charge is -2.12. The summed E-state index contributed by atoms with van der Waals surface area (Å²) in [6.07, 6.45) is -4.74. The van der Waals surface area contributed by atoms with Gasteiger partial charge in [0.2, 0.25) is 5.75 Å². The maximum absolute atomic E-state index is 12.7. The van der Waals surface area contributed by atoms with Gasteiger partial charge in [-0.1, -0.05) is 15.9 Å². The Morgan fingerprint density at radius 2 is 1.80 bits per heavy atom. The molecule has 0 saturated carbocycles. The highest BCUT2D eigenvalue weighted by atomic mass is 79.9. The van der Waals surface area contributed by atoms with E-state index in [1.165, 1.54) is 18.2 Å². The summed E-state index contributed by atoms with van der Waals surface area (Å²) in [6.45, 7) is 0. The van der Waals surface area contributed by atoms with Gasteiger partial charge in [-0.05, 0) is 30.3 Å². The molecule has 0 radical (unpaired) electrons. The molecule has 0 atom stereocenters. The fourth-order valence-corrected chi connectivity index (χ4v) is 2.26. The standard InChI is InChI=1S/C15H9BrF3NO5/c1-24-14(21)10-7-9(16)3-5-12(10)25-13-4-2-8(15(17,18)19)6-11(13)20(22)23/h2-7H,1H3. The molecule has 10 heteroatoms. The minimum Gasteiger partial charge on any atom is -0.465 e. The first-order chi connectivity index (χ1) is 11.6. The lowest BCUT2D eigenvalue weighted by molar-refractivity contribution is -0.385. The summed E-state index contributed by atoms with van der Waals surface area (Å²) < 4.78 is 48.6. The van der Waals surface area contributed by atoms with Crippen LogP contribution in [0, 0.1) is 10.1 Å². The predicted octanol–water partition coefficient (Wildman–Crippen LogP) is 4.96. The van der Waals surface area contributed by atoms with Crippen LogP contribution < -0.4 is 4.74 Å². The molecule has 0 aliphatic heterocycles. The van der Waals surface area contributed by atoms with Gasteiger partial charge in [0.1, 0.15) is 11.3 Å².